The van der Waals surface area contributed by atoms with Crippen LogP contribution >= 0.6 is 0 Å². The van der Waals surface area contributed by atoms with Crippen molar-refractivity contribution in [3.63, 3.8) is 0 Å². The van der Waals surface area contributed by atoms with Gasteiger partial charge in [-0.25, -0.2) is 0 Å². The molecule has 0 amide bonds. The quantitative estimate of drug-likeness (QED) is 0.725. The molecule has 1 saturated carbocycles. The molecule has 1 aromatic carbocycles. The van der Waals surface area contributed by atoms with Gasteiger partial charge in [0.05, 0.1) is 5.56 Å². The second-order valence-electron chi connectivity index (χ2n) is 5.70. The summed E-state index contributed by atoms with van der Waals surface area (Å²) in [5, 5.41) is 3.28. The fourth-order valence-electron chi connectivity index (χ4n) is 2.95. The van der Waals surface area contributed by atoms with Gasteiger partial charge < -0.3 is 5.32 Å². The molecule has 1 fully saturated rings. The van der Waals surface area contributed by atoms with Crippen molar-refractivity contribution in [3.05, 3.63) is 29.8 Å². The minimum atomic E-state index is -4.27. The molecule has 0 aromatic heterocycles. The first-order valence-electron chi connectivity index (χ1n) is 7.43. The Morgan fingerprint density at radius 3 is 2.65 bits per heavy atom. The summed E-state index contributed by atoms with van der Waals surface area (Å²) in [7, 11) is 0. The fraction of sp³-hybridized carbons (Fsp3) is 0.625. The van der Waals surface area contributed by atoms with Gasteiger partial charge in [0.25, 0.3) is 0 Å². The van der Waals surface area contributed by atoms with Gasteiger partial charge in [-0.15, -0.1) is 0 Å². The normalized spacial score (nSPS) is 24.2. The zero-order chi connectivity index (χ0) is 14.6. The molecule has 1 nitrogen and oxygen atoms in total. The maximum atomic E-state index is 12.7. The summed E-state index contributed by atoms with van der Waals surface area (Å²) in [5.41, 5.74) is 0.00216. The number of halogens is 3. The van der Waals surface area contributed by atoms with E-state index in [2.05, 4.69) is 12.2 Å². The first kappa shape index (κ1) is 15.2. The van der Waals surface area contributed by atoms with E-state index in [0.717, 1.165) is 31.2 Å². The topological polar surface area (TPSA) is 12.0 Å². The lowest BCUT2D eigenvalue weighted by atomic mass is 9.98. The molecule has 0 bridgehead atoms. The number of benzene rings is 1. The van der Waals surface area contributed by atoms with Gasteiger partial charge in [-0.3, -0.25) is 0 Å². The Balaban J connectivity index is 1.99. The first-order chi connectivity index (χ1) is 9.49. The largest absolute Gasteiger partial charge is 0.416 e. The van der Waals surface area contributed by atoms with Gasteiger partial charge in [-0.1, -0.05) is 32.3 Å². The standard InChI is InChI=1S/C16H22F3N/c1-2-12-5-3-7-14(10-9-12)20-15-8-4-6-13(11-15)16(17,18)19/h4,6,8,11-12,14,20H,2-3,5,7,9-10H2,1H3. The van der Waals surface area contributed by atoms with Crippen molar-refractivity contribution in [2.24, 2.45) is 5.92 Å². The van der Waals surface area contributed by atoms with Gasteiger partial charge in [0, 0.05) is 11.7 Å². The number of alkyl halides is 3. The lowest BCUT2D eigenvalue weighted by molar-refractivity contribution is -0.137. The predicted octanol–water partition coefficient (Wildman–Crippen LogP) is 5.48. The molecule has 1 aliphatic carbocycles. The highest BCUT2D eigenvalue weighted by Crippen LogP contribution is 2.32. The van der Waals surface area contributed by atoms with E-state index in [1.165, 1.54) is 31.4 Å². The lowest BCUT2D eigenvalue weighted by Crippen LogP contribution is -2.19. The lowest BCUT2D eigenvalue weighted by Gasteiger charge is -2.19. The highest BCUT2D eigenvalue weighted by molar-refractivity contribution is 5.47. The van der Waals surface area contributed by atoms with Crippen LogP contribution in [-0.4, -0.2) is 6.04 Å². The third-order valence-corrected chi connectivity index (χ3v) is 4.23. The van der Waals surface area contributed by atoms with E-state index in [1.54, 1.807) is 6.07 Å². The average Bonchev–Trinajstić information content (AvgIpc) is 2.63. The Hall–Kier alpha value is -1.19. The minimum absolute atomic E-state index is 0.301. The second-order valence-corrected chi connectivity index (χ2v) is 5.70. The molecule has 1 aliphatic rings. The number of hydrogen-bond donors (Lipinski definition) is 1. The molecule has 2 unspecified atom stereocenters. The van der Waals surface area contributed by atoms with Crippen LogP contribution in [0.15, 0.2) is 24.3 Å². The van der Waals surface area contributed by atoms with Crippen molar-refractivity contribution in [2.45, 2.75) is 57.7 Å². The molecule has 1 N–H and O–H groups in total. The SMILES string of the molecule is CCC1CCCC(Nc2cccc(C(F)(F)F)c2)CC1. The monoisotopic (exact) mass is 285 g/mol. The average molecular weight is 285 g/mol. The third kappa shape index (κ3) is 4.15. The Labute approximate surface area is 118 Å². The maximum Gasteiger partial charge on any atom is 0.416 e. The van der Waals surface area contributed by atoms with Crippen molar-refractivity contribution < 1.29 is 13.2 Å². The van der Waals surface area contributed by atoms with E-state index in [9.17, 15) is 13.2 Å². The zero-order valence-electron chi connectivity index (χ0n) is 11.8. The van der Waals surface area contributed by atoms with Crippen LogP contribution in [-0.2, 0) is 6.18 Å². The Kier molecular flexibility index (Phi) is 4.95. The van der Waals surface area contributed by atoms with Crippen LogP contribution in [0.2, 0.25) is 0 Å². The first-order valence-corrected chi connectivity index (χ1v) is 7.43. The van der Waals surface area contributed by atoms with Gasteiger partial charge in [0.1, 0.15) is 0 Å². The van der Waals surface area contributed by atoms with Gasteiger partial charge in [0.2, 0.25) is 0 Å². The molecule has 1 aromatic rings. The van der Waals surface area contributed by atoms with Crippen LogP contribution in [0.4, 0.5) is 18.9 Å². The minimum Gasteiger partial charge on any atom is -0.382 e. The molecule has 112 valence electrons. The molecular formula is C16H22F3N. The molecule has 0 radical (unpaired) electrons. The van der Waals surface area contributed by atoms with E-state index in [-0.39, 0.29) is 0 Å². The fourth-order valence-corrected chi connectivity index (χ4v) is 2.95. The summed E-state index contributed by atoms with van der Waals surface area (Å²) in [4.78, 5) is 0. The summed E-state index contributed by atoms with van der Waals surface area (Å²) >= 11 is 0. The van der Waals surface area contributed by atoms with Gasteiger partial charge >= 0.3 is 6.18 Å². The molecular weight excluding hydrogens is 263 g/mol. The number of anilines is 1. The van der Waals surface area contributed by atoms with Gasteiger partial charge in [0.15, 0.2) is 0 Å². The van der Waals surface area contributed by atoms with E-state index < -0.39 is 11.7 Å². The summed E-state index contributed by atoms with van der Waals surface area (Å²) in [6.07, 6.45) is 2.62. The van der Waals surface area contributed by atoms with Crippen molar-refractivity contribution in [1.29, 1.82) is 0 Å². The number of rotatable bonds is 3. The molecule has 20 heavy (non-hydrogen) atoms. The van der Waals surface area contributed by atoms with Crippen molar-refractivity contribution in [3.8, 4) is 0 Å². The molecule has 2 atom stereocenters. The van der Waals surface area contributed by atoms with Gasteiger partial charge in [-0.05, 0) is 43.4 Å². The smallest absolute Gasteiger partial charge is 0.382 e. The van der Waals surface area contributed by atoms with E-state index in [0.29, 0.717) is 11.7 Å². The molecule has 4 heteroatoms. The van der Waals surface area contributed by atoms with Crippen LogP contribution < -0.4 is 5.32 Å². The van der Waals surface area contributed by atoms with Crippen molar-refractivity contribution >= 4 is 5.69 Å². The third-order valence-electron chi connectivity index (χ3n) is 4.23. The van der Waals surface area contributed by atoms with Crippen LogP contribution in [0.5, 0.6) is 0 Å². The van der Waals surface area contributed by atoms with E-state index in [1.807, 2.05) is 0 Å². The van der Waals surface area contributed by atoms with Crippen LogP contribution in [0.25, 0.3) is 0 Å². The summed E-state index contributed by atoms with van der Waals surface area (Å²) in [5.74, 6) is 0.781. The predicted molar refractivity (Wildman–Crippen MR) is 75.7 cm³/mol. The summed E-state index contributed by atoms with van der Waals surface area (Å²) < 4.78 is 38.0. The van der Waals surface area contributed by atoms with Gasteiger partial charge in [-0.2, -0.15) is 13.2 Å². The zero-order valence-corrected chi connectivity index (χ0v) is 11.8. The molecule has 0 saturated heterocycles. The summed E-state index contributed by atoms with van der Waals surface area (Å²) in [6.45, 7) is 2.21. The highest BCUT2D eigenvalue weighted by Gasteiger charge is 2.30. The summed E-state index contributed by atoms with van der Waals surface area (Å²) in [6, 6.07) is 5.82. The molecule has 0 spiro atoms. The maximum absolute atomic E-state index is 12.7. The second kappa shape index (κ2) is 6.51. The highest BCUT2D eigenvalue weighted by atomic mass is 19.4. The Bertz CT molecular complexity index is 428. The van der Waals surface area contributed by atoms with E-state index >= 15 is 0 Å². The van der Waals surface area contributed by atoms with Crippen molar-refractivity contribution in [1.82, 2.24) is 0 Å². The molecule has 0 aliphatic heterocycles. The van der Waals surface area contributed by atoms with E-state index in [4.69, 9.17) is 0 Å². The molecule has 0 heterocycles. The molecule has 2 rings (SSSR count). The van der Waals surface area contributed by atoms with Crippen LogP contribution in [0, 0.1) is 5.92 Å². The van der Waals surface area contributed by atoms with Crippen LogP contribution in [0.3, 0.4) is 0 Å². The Morgan fingerprint density at radius 2 is 1.95 bits per heavy atom. The van der Waals surface area contributed by atoms with Crippen molar-refractivity contribution in [2.75, 3.05) is 5.32 Å². The number of hydrogen-bond acceptors (Lipinski definition) is 1. The number of nitrogens with one attached hydrogen (secondary N) is 1. The Morgan fingerprint density at radius 1 is 1.15 bits per heavy atom. The van der Waals surface area contributed by atoms with Crippen LogP contribution in [0.1, 0.15) is 51.0 Å².